The average Bonchev–Trinajstić information content (AvgIpc) is 3.26. The van der Waals surface area contributed by atoms with Crippen LogP contribution in [0.25, 0.3) is 11.1 Å². The maximum Gasteiger partial charge on any atom is 0.255 e. The van der Waals surface area contributed by atoms with Gasteiger partial charge in [0.25, 0.3) is 5.91 Å². The van der Waals surface area contributed by atoms with Crippen molar-refractivity contribution in [2.45, 2.75) is 52.5 Å². The van der Waals surface area contributed by atoms with Gasteiger partial charge in [-0.05, 0) is 70.9 Å². The number of amides is 1. The number of aromatic nitrogens is 3. The maximum atomic E-state index is 13.4. The van der Waals surface area contributed by atoms with E-state index in [9.17, 15) is 4.79 Å². The maximum absolute atomic E-state index is 13.4. The molecule has 0 saturated carbocycles. The number of piperidine rings is 1. The fourth-order valence-electron chi connectivity index (χ4n) is 4.97. The Kier molecular flexibility index (Phi) is 6.19. The number of nitrogens with one attached hydrogen (secondary N) is 1. The molecule has 1 N–H and O–H groups in total. The van der Waals surface area contributed by atoms with Crippen molar-refractivity contribution in [1.29, 1.82) is 0 Å². The minimum atomic E-state index is -0.0769. The van der Waals surface area contributed by atoms with Gasteiger partial charge in [0.15, 0.2) is 0 Å². The first-order chi connectivity index (χ1) is 16.8. The number of aryl methyl sites for hydroxylation is 2. The molecule has 1 amide bonds. The Morgan fingerprint density at radius 2 is 1.89 bits per heavy atom. The Morgan fingerprint density at radius 1 is 1.11 bits per heavy atom. The van der Waals surface area contributed by atoms with Crippen molar-refractivity contribution < 1.29 is 4.79 Å². The van der Waals surface area contributed by atoms with E-state index in [0.29, 0.717) is 0 Å². The van der Waals surface area contributed by atoms with Crippen molar-refractivity contribution in [1.82, 2.24) is 29.7 Å². The summed E-state index contributed by atoms with van der Waals surface area (Å²) in [6.45, 7) is 11.5. The Hall–Kier alpha value is -3.45. The molecule has 182 valence electrons. The van der Waals surface area contributed by atoms with Crippen molar-refractivity contribution in [3.8, 4) is 0 Å². The van der Waals surface area contributed by atoms with Crippen molar-refractivity contribution in [2.24, 2.45) is 0 Å². The number of rotatable bonds is 5. The molecule has 0 unspecified atom stereocenters. The van der Waals surface area contributed by atoms with E-state index in [1.165, 1.54) is 0 Å². The molecule has 0 spiro atoms. The summed E-state index contributed by atoms with van der Waals surface area (Å²) >= 11 is 0. The molecule has 3 aliphatic rings. The quantitative estimate of drug-likeness (QED) is 0.707. The van der Waals surface area contributed by atoms with Crippen LogP contribution in [-0.4, -0.2) is 55.5 Å². The lowest BCUT2D eigenvalue weighted by Gasteiger charge is -2.42. The van der Waals surface area contributed by atoms with Gasteiger partial charge in [0.2, 0.25) is 0 Å². The molecule has 0 radical (unpaired) electrons. The lowest BCUT2D eigenvalue weighted by atomic mass is 9.89. The van der Waals surface area contributed by atoms with E-state index in [-0.39, 0.29) is 11.4 Å². The first-order valence-corrected chi connectivity index (χ1v) is 12.5. The highest BCUT2D eigenvalue weighted by molar-refractivity contribution is 5.99. The second-order valence-electron chi connectivity index (χ2n) is 9.95. The first kappa shape index (κ1) is 23.3. The van der Waals surface area contributed by atoms with Crippen LogP contribution in [0.4, 0.5) is 0 Å². The summed E-state index contributed by atoms with van der Waals surface area (Å²) in [5.74, 6) is -0.0769. The smallest absolute Gasteiger partial charge is 0.255 e. The van der Waals surface area contributed by atoms with Gasteiger partial charge in [0.1, 0.15) is 0 Å². The SMILES string of the molecule is CCCNC1(C)CCN(C2=CN3C(=O)\C=C(c4cc5c(C)nc(C)cn5n4)/C=C/C=C/3C=C2)CC1. The lowest BCUT2D eigenvalue weighted by Crippen LogP contribution is -2.51. The zero-order valence-corrected chi connectivity index (χ0v) is 21.1. The molecule has 1 saturated heterocycles. The van der Waals surface area contributed by atoms with Crippen LogP contribution in [0.3, 0.4) is 0 Å². The summed E-state index contributed by atoms with van der Waals surface area (Å²) < 4.78 is 1.84. The van der Waals surface area contributed by atoms with Crippen LogP contribution in [0.2, 0.25) is 0 Å². The van der Waals surface area contributed by atoms with E-state index in [4.69, 9.17) is 5.10 Å². The third-order valence-electron chi connectivity index (χ3n) is 7.11. The zero-order valence-electron chi connectivity index (χ0n) is 21.1. The van der Waals surface area contributed by atoms with Gasteiger partial charge in [-0.2, -0.15) is 5.10 Å². The highest BCUT2D eigenvalue weighted by atomic mass is 16.2. The normalized spacial score (nSPS) is 23.7. The second kappa shape index (κ2) is 9.30. The van der Waals surface area contributed by atoms with Gasteiger partial charge in [-0.15, -0.1) is 0 Å². The summed E-state index contributed by atoms with van der Waals surface area (Å²) in [6.07, 6.45) is 18.9. The molecular formula is C28H34N6O. The molecule has 1 fully saturated rings. The van der Waals surface area contributed by atoms with E-state index < -0.39 is 0 Å². The molecule has 5 rings (SSSR count). The predicted molar refractivity (Wildman–Crippen MR) is 139 cm³/mol. The number of nitrogens with zero attached hydrogens (tertiary/aromatic N) is 5. The fourth-order valence-corrected chi connectivity index (χ4v) is 4.97. The van der Waals surface area contributed by atoms with Crippen LogP contribution in [0.15, 0.2) is 66.3 Å². The third-order valence-corrected chi connectivity index (χ3v) is 7.11. The van der Waals surface area contributed by atoms with Gasteiger partial charge in [0.05, 0.1) is 34.5 Å². The fraction of sp³-hybridized carbons (Fsp3) is 0.393. The van der Waals surface area contributed by atoms with E-state index in [1.54, 1.807) is 11.0 Å². The van der Waals surface area contributed by atoms with Crippen molar-refractivity contribution >= 4 is 17.0 Å². The molecule has 3 aliphatic heterocycles. The van der Waals surface area contributed by atoms with Crippen molar-refractivity contribution in [3.63, 3.8) is 0 Å². The summed E-state index contributed by atoms with van der Waals surface area (Å²) in [5.41, 5.74) is 6.45. The van der Waals surface area contributed by atoms with Gasteiger partial charge < -0.3 is 10.2 Å². The number of allylic oxidation sites excluding steroid dienone is 6. The van der Waals surface area contributed by atoms with Crippen LogP contribution in [0.1, 0.15) is 50.2 Å². The summed E-state index contributed by atoms with van der Waals surface area (Å²) in [7, 11) is 0. The van der Waals surface area contributed by atoms with Crippen molar-refractivity contribution in [2.75, 3.05) is 19.6 Å². The van der Waals surface area contributed by atoms with Crippen LogP contribution in [-0.2, 0) is 4.79 Å². The number of fused-ring (bicyclic) bond motifs is 2. The Balaban J connectivity index is 1.38. The second-order valence-corrected chi connectivity index (χ2v) is 9.95. The Bertz CT molecular complexity index is 1300. The van der Waals surface area contributed by atoms with Gasteiger partial charge >= 0.3 is 0 Å². The van der Waals surface area contributed by atoms with Crippen LogP contribution >= 0.6 is 0 Å². The zero-order chi connectivity index (χ0) is 24.6. The van der Waals surface area contributed by atoms with Crippen LogP contribution in [0.5, 0.6) is 0 Å². The van der Waals surface area contributed by atoms with E-state index in [1.807, 2.05) is 61.1 Å². The van der Waals surface area contributed by atoms with Crippen LogP contribution < -0.4 is 5.32 Å². The Morgan fingerprint density at radius 3 is 2.66 bits per heavy atom. The molecule has 7 heteroatoms. The van der Waals surface area contributed by atoms with Gasteiger partial charge in [-0.3, -0.25) is 14.7 Å². The van der Waals surface area contributed by atoms with Crippen molar-refractivity contribution in [3.05, 3.63) is 83.4 Å². The molecule has 0 atom stereocenters. The molecule has 2 aromatic rings. The topological polar surface area (TPSA) is 65.8 Å². The molecule has 5 heterocycles. The minimum Gasteiger partial charge on any atom is -0.370 e. The highest BCUT2D eigenvalue weighted by Crippen LogP contribution is 2.29. The Labute approximate surface area is 207 Å². The number of likely N-dealkylation sites (tertiary alicyclic amines) is 1. The van der Waals surface area contributed by atoms with E-state index >= 15 is 0 Å². The van der Waals surface area contributed by atoms with E-state index in [0.717, 1.165) is 78.5 Å². The molecule has 35 heavy (non-hydrogen) atoms. The number of hydrogen-bond donors (Lipinski definition) is 1. The number of hydrogen-bond acceptors (Lipinski definition) is 5. The molecular weight excluding hydrogens is 436 g/mol. The number of carbonyl (C=O) groups excluding carboxylic acids is 1. The van der Waals surface area contributed by atoms with Gasteiger partial charge in [0, 0.05) is 42.2 Å². The average molecular weight is 471 g/mol. The highest BCUT2D eigenvalue weighted by Gasteiger charge is 2.30. The molecule has 7 nitrogen and oxygen atoms in total. The first-order valence-electron chi connectivity index (χ1n) is 12.5. The third kappa shape index (κ3) is 4.73. The minimum absolute atomic E-state index is 0.0769. The molecule has 0 aliphatic carbocycles. The predicted octanol–water partition coefficient (Wildman–Crippen LogP) is 4.28. The number of carbonyl (C=O) groups is 1. The molecule has 0 aromatic carbocycles. The van der Waals surface area contributed by atoms with Gasteiger partial charge in [-0.25, -0.2) is 4.52 Å². The lowest BCUT2D eigenvalue weighted by molar-refractivity contribution is -0.122. The van der Waals surface area contributed by atoms with E-state index in [2.05, 4.69) is 35.1 Å². The summed E-state index contributed by atoms with van der Waals surface area (Å²) in [5, 5.41) is 8.42. The largest absolute Gasteiger partial charge is 0.370 e. The van der Waals surface area contributed by atoms with Crippen LogP contribution in [0, 0.1) is 13.8 Å². The van der Waals surface area contributed by atoms with Gasteiger partial charge in [-0.1, -0.05) is 19.1 Å². The summed E-state index contributed by atoms with van der Waals surface area (Å²) in [4.78, 5) is 22.1. The molecule has 2 aromatic heterocycles. The molecule has 0 bridgehead atoms. The standard InChI is InChI=1S/C28H34N6O/c1-5-13-29-28(4)11-14-32(15-12-28)24-10-9-23-8-6-7-22(16-27(35)33(23)19-24)25-17-26-21(3)30-20(2)18-34(26)31-25/h6-10,16-19,29H,5,11-15H2,1-4H3/b7-6+,22-16+,23-8+. The summed E-state index contributed by atoms with van der Waals surface area (Å²) in [6, 6.07) is 1.99. The monoisotopic (exact) mass is 470 g/mol.